The average molecular weight is 474 g/mol. The molecule has 4 aromatic rings. The van der Waals surface area contributed by atoms with Gasteiger partial charge in [0.25, 0.3) is 0 Å². The molecule has 1 aliphatic carbocycles. The van der Waals surface area contributed by atoms with E-state index in [1.807, 2.05) is 84.9 Å². The third-order valence-electron chi connectivity index (χ3n) is 6.90. The lowest BCUT2D eigenvalue weighted by atomic mass is 9.52. The lowest BCUT2D eigenvalue weighted by Crippen LogP contribution is -2.52. The van der Waals surface area contributed by atoms with E-state index in [1.54, 1.807) is 24.3 Å². The summed E-state index contributed by atoms with van der Waals surface area (Å²) in [6.45, 7) is 0. The number of carboxylic acids is 1. The van der Waals surface area contributed by atoms with Crippen LogP contribution < -0.4 is 4.74 Å². The summed E-state index contributed by atoms with van der Waals surface area (Å²) in [5.41, 5.74) is 3.68. The Morgan fingerprint density at radius 2 is 1.22 bits per heavy atom. The van der Waals surface area contributed by atoms with Crippen molar-refractivity contribution in [1.82, 2.24) is 0 Å². The van der Waals surface area contributed by atoms with Crippen LogP contribution in [0.15, 0.2) is 109 Å². The van der Waals surface area contributed by atoms with E-state index >= 15 is 0 Å². The first-order valence-electron chi connectivity index (χ1n) is 11.7. The first-order chi connectivity index (χ1) is 17.6. The molecule has 1 aliphatic rings. The fourth-order valence-corrected chi connectivity index (χ4v) is 5.22. The van der Waals surface area contributed by atoms with Gasteiger partial charge in [-0.25, -0.2) is 0 Å². The summed E-state index contributed by atoms with van der Waals surface area (Å²) in [6.07, 6.45) is 0. The summed E-state index contributed by atoms with van der Waals surface area (Å²) in [6, 6.07) is 35.0. The summed E-state index contributed by atoms with van der Waals surface area (Å²) in [7, 11) is 0. The summed E-state index contributed by atoms with van der Waals surface area (Å²) in [5, 5.41) is 19.3. The van der Waals surface area contributed by atoms with Crippen molar-refractivity contribution in [1.29, 1.82) is 5.26 Å². The van der Waals surface area contributed by atoms with Crippen LogP contribution in [0.4, 0.5) is 0 Å². The van der Waals surface area contributed by atoms with E-state index in [2.05, 4.69) is 6.07 Å². The van der Waals surface area contributed by atoms with Crippen molar-refractivity contribution in [3.05, 3.63) is 126 Å². The van der Waals surface area contributed by atoms with Crippen LogP contribution in [0.5, 0.6) is 5.75 Å². The second-order valence-electron chi connectivity index (χ2n) is 8.87. The number of carbonyl (C=O) groups excluding carboxylic acids is 1. The van der Waals surface area contributed by atoms with E-state index in [-0.39, 0.29) is 0 Å². The van der Waals surface area contributed by atoms with E-state index in [9.17, 15) is 14.7 Å². The molecule has 0 amide bonds. The number of carboxylic acid groups (broad SMARTS) is 1. The summed E-state index contributed by atoms with van der Waals surface area (Å²) in [5.74, 6) is -3.43. The van der Waals surface area contributed by atoms with Gasteiger partial charge in [0, 0.05) is 17.4 Å². The van der Waals surface area contributed by atoms with E-state index in [1.165, 1.54) is 0 Å². The van der Waals surface area contributed by atoms with Crippen molar-refractivity contribution in [3.63, 3.8) is 0 Å². The molecule has 0 spiro atoms. The van der Waals surface area contributed by atoms with Crippen molar-refractivity contribution in [2.45, 2.75) is 11.8 Å². The molecule has 1 N–H and O–H groups in total. The number of rotatable bonds is 6. The van der Waals surface area contributed by atoms with Crippen LogP contribution in [0.25, 0.3) is 11.1 Å². The largest absolute Gasteiger partial charge is 0.481 e. The predicted molar refractivity (Wildman–Crippen MR) is 135 cm³/mol. The second kappa shape index (κ2) is 9.89. The van der Waals surface area contributed by atoms with Gasteiger partial charge in [0.1, 0.15) is 5.75 Å². The number of benzene rings is 4. The number of carbonyl (C=O) groups is 2. The molecule has 1 fully saturated rings. The van der Waals surface area contributed by atoms with Crippen LogP contribution >= 0.6 is 0 Å². The molecule has 1 saturated carbocycles. The number of esters is 1. The molecule has 176 valence electrons. The second-order valence-corrected chi connectivity index (χ2v) is 8.87. The fourth-order valence-electron chi connectivity index (χ4n) is 5.22. The Balaban J connectivity index is 1.52. The maximum Gasteiger partial charge on any atom is 0.315 e. The van der Waals surface area contributed by atoms with Crippen molar-refractivity contribution >= 4 is 11.9 Å². The van der Waals surface area contributed by atoms with Crippen molar-refractivity contribution in [2.24, 2.45) is 11.8 Å². The summed E-state index contributed by atoms with van der Waals surface area (Å²) >= 11 is 0. The summed E-state index contributed by atoms with van der Waals surface area (Å²) < 4.78 is 6.00. The van der Waals surface area contributed by atoms with Crippen LogP contribution in [-0.2, 0) is 9.59 Å². The Labute approximate surface area is 209 Å². The zero-order valence-electron chi connectivity index (χ0n) is 19.3. The average Bonchev–Trinajstić information content (AvgIpc) is 2.89. The van der Waals surface area contributed by atoms with Gasteiger partial charge in [0.2, 0.25) is 0 Å². The van der Waals surface area contributed by atoms with Crippen molar-refractivity contribution < 1.29 is 19.4 Å². The van der Waals surface area contributed by atoms with Crippen molar-refractivity contribution in [2.75, 3.05) is 0 Å². The molecule has 1 unspecified atom stereocenters. The highest BCUT2D eigenvalue weighted by atomic mass is 16.5. The quantitative estimate of drug-likeness (QED) is 0.273. The minimum Gasteiger partial charge on any atom is -0.481 e. The van der Waals surface area contributed by atoms with Gasteiger partial charge < -0.3 is 9.84 Å². The van der Waals surface area contributed by atoms with Gasteiger partial charge in [-0.1, -0.05) is 91.0 Å². The molecular weight excluding hydrogens is 450 g/mol. The third kappa shape index (κ3) is 4.25. The third-order valence-corrected chi connectivity index (χ3v) is 6.90. The van der Waals surface area contributed by atoms with Gasteiger partial charge in [-0.15, -0.1) is 0 Å². The Morgan fingerprint density at radius 3 is 1.75 bits per heavy atom. The number of hydrogen-bond donors (Lipinski definition) is 1. The normalized spacial score (nSPS) is 20.5. The molecule has 36 heavy (non-hydrogen) atoms. The molecule has 0 aromatic heterocycles. The lowest BCUT2D eigenvalue weighted by Gasteiger charge is -2.49. The minimum atomic E-state index is -0.931. The maximum atomic E-state index is 13.8. The number of nitriles is 1. The number of ether oxygens (including phenoxy) is 1. The molecule has 5 rings (SSSR count). The zero-order chi connectivity index (χ0) is 25.1. The summed E-state index contributed by atoms with van der Waals surface area (Å²) in [4.78, 5) is 26.1. The van der Waals surface area contributed by atoms with Crippen LogP contribution in [0, 0.1) is 23.2 Å². The highest BCUT2D eigenvalue weighted by molar-refractivity contribution is 5.87. The number of para-hydroxylation sites is 1. The van der Waals surface area contributed by atoms with Gasteiger partial charge >= 0.3 is 11.9 Å². The Hall–Kier alpha value is -4.69. The first kappa shape index (κ1) is 23.1. The van der Waals surface area contributed by atoms with Gasteiger partial charge in [0.15, 0.2) is 0 Å². The molecule has 0 bridgehead atoms. The van der Waals surface area contributed by atoms with Crippen LogP contribution in [0.2, 0.25) is 0 Å². The Bertz CT molecular complexity index is 1380. The van der Waals surface area contributed by atoms with Crippen LogP contribution in [-0.4, -0.2) is 17.0 Å². The van der Waals surface area contributed by atoms with E-state index in [0.717, 1.165) is 22.3 Å². The SMILES string of the molecule is N#Cc1ccc(-c2ccccc2OC(=O)[C@@H]2C(c3ccccc3)[C@H](C(=O)O)[C@H]2c2ccccc2)cc1. The van der Waals surface area contributed by atoms with Crippen LogP contribution in [0.1, 0.15) is 28.5 Å². The molecular formula is C31H23NO4. The molecule has 0 heterocycles. The number of hydrogen-bond acceptors (Lipinski definition) is 4. The fraction of sp³-hybridized carbons (Fsp3) is 0.129. The van der Waals surface area contributed by atoms with Gasteiger partial charge in [-0.2, -0.15) is 5.26 Å². The molecule has 0 saturated heterocycles. The standard InChI is InChI=1S/C31H23NO4/c32-19-20-15-17-21(18-16-20)24-13-7-8-14-25(24)36-31(35)29-26(22-9-3-1-4-10-22)28(30(33)34)27(29)23-11-5-2-6-12-23/h1-18,26-29H,(H,33,34)/t26-,27?,28-,29+/m1/s1. The van der Waals surface area contributed by atoms with Gasteiger partial charge in [-0.05, 0) is 34.9 Å². The van der Waals surface area contributed by atoms with E-state index in [4.69, 9.17) is 10.00 Å². The monoisotopic (exact) mass is 473 g/mol. The number of nitrogens with zero attached hydrogens (tertiary/aromatic N) is 1. The lowest BCUT2D eigenvalue weighted by molar-refractivity contribution is -0.158. The van der Waals surface area contributed by atoms with Crippen molar-refractivity contribution in [3.8, 4) is 22.9 Å². The van der Waals surface area contributed by atoms with E-state index < -0.39 is 35.6 Å². The predicted octanol–water partition coefficient (Wildman–Crippen LogP) is 6.03. The topological polar surface area (TPSA) is 87.4 Å². The zero-order valence-corrected chi connectivity index (χ0v) is 19.3. The molecule has 0 aliphatic heterocycles. The highest BCUT2D eigenvalue weighted by Gasteiger charge is 2.59. The van der Waals surface area contributed by atoms with E-state index in [0.29, 0.717) is 11.3 Å². The Morgan fingerprint density at radius 1 is 0.694 bits per heavy atom. The molecule has 5 heteroatoms. The number of aliphatic carboxylic acids is 1. The van der Waals surface area contributed by atoms with Gasteiger partial charge in [-0.3, -0.25) is 9.59 Å². The smallest absolute Gasteiger partial charge is 0.315 e. The Kier molecular flexibility index (Phi) is 6.34. The molecule has 4 aromatic carbocycles. The minimum absolute atomic E-state index is 0.393. The molecule has 4 atom stereocenters. The first-order valence-corrected chi connectivity index (χ1v) is 11.7. The maximum absolute atomic E-state index is 13.8. The molecule has 0 radical (unpaired) electrons. The highest BCUT2D eigenvalue weighted by Crippen LogP contribution is 2.58. The van der Waals surface area contributed by atoms with Crippen LogP contribution in [0.3, 0.4) is 0 Å². The van der Waals surface area contributed by atoms with Gasteiger partial charge in [0.05, 0.1) is 23.5 Å². The molecule has 5 nitrogen and oxygen atoms in total.